The summed E-state index contributed by atoms with van der Waals surface area (Å²) in [4.78, 5) is 9.59. The third kappa shape index (κ3) is 2.18. The summed E-state index contributed by atoms with van der Waals surface area (Å²) in [7, 11) is 0. The third-order valence-electron chi connectivity index (χ3n) is 2.95. The van der Waals surface area contributed by atoms with Crippen LogP contribution in [0.1, 0.15) is 11.1 Å². The molecule has 2 heterocycles. The Morgan fingerprint density at radius 2 is 1.79 bits per heavy atom. The van der Waals surface area contributed by atoms with E-state index in [1.165, 1.54) is 27.9 Å². The van der Waals surface area contributed by atoms with E-state index in [-0.39, 0.29) is 0 Å². The predicted octanol–water partition coefficient (Wildman–Crippen LogP) is 3.26. The summed E-state index contributed by atoms with van der Waals surface area (Å²) < 4.78 is 0.985. The number of anilines is 1. The number of nitrogens with two attached hydrogens (primary N) is 1. The second-order valence-electron chi connectivity index (χ2n) is 4.57. The molecular formula is C14H14N4S. The maximum Gasteiger partial charge on any atom is 0.161 e. The van der Waals surface area contributed by atoms with Gasteiger partial charge >= 0.3 is 0 Å². The second kappa shape index (κ2) is 4.60. The van der Waals surface area contributed by atoms with Crippen LogP contribution in [0.25, 0.3) is 20.7 Å². The highest BCUT2D eigenvalue weighted by Gasteiger charge is 2.10. The molecule has 5 heteroatoms. The summed E-state index contributed by atoms with van der Waals surface area (Å²) in [5.74, 6) is 6.15. The lowest BCUT2D eigenvalue weighted by Crippen LogP contribution is -2.08. The summed E-state index contributed by atoms with van der Waals surface area (Å²) in [6.07, 6.45) is 1.52. The molecular weight excluding hydrogens is 256 g/mol. The molecule has 3 rings (SSSR count). The van der Waals surface area contributed by atoms with Crippen molar-refractivity contribution >= 4 is 27.4 Å². The minimum absolute atomic E-state index is 0.672. The first-order chi connectivity index (χ1) is 9.17. The van der Waals surface area contributed by atoms with Crippen LogP contribution in [0.2, 0.25) is 0 Å². The fourth-order valence-electron chi connectivity index (χ4n) is 2.22. The van der Waals surface area contributed by atoms with Crippen LogP contribution in [-0.4, -0.2) is 9.97 Å². The number of hydrazine groups is 1. The first kappa shape index (κ1) is 12.1. The van der Waals surface area contributed by atoms with Crippen molar-refractivity contribution in [2.75, 3.05) is 5.43 Å². The maximum atomic E-state index is 5.48. The number of benzene rings is 1. The zero-order valence-corrected chi connectivity index (χ0v) is 11.6. The lowest BCUT2D eigenvalue weighted by atomic mass is 10.1. The number of nitrogens with one attached hydrogen (secondary N) is 1. The van der Waals surface area contributed by atoms with Crippen molar-refractivity contribution in [1.29, 1.82) is 0 Å². The number of nitrogen functional groups attached to an aromatic ring is 1. The average molecular weight is 270 g/mol. The van der Waals surface area contributed by atoms with Gasteiger partial charge in [-0.15, -0.1) is 11.3 Å². The van der Waals surface area contributed by atoms with Crippen LogP contribution in [0.5, 0.6) is 0 Å². The van der Waals surface area contributed by atoms with Crippen molar-refractivity contribution in [3.05, 3.63) is 41.7 Å². The molecule has 0 atom stereocenters. The number of thiophene rings is 1. The Morgan fingerprint density at radius 1 is 1.05 bits per heavy atom. The molecule has 1 aromatic carbocycles. The number of hydrogen-bond donors (Lipinski definition) is 2. The molecule has 0 aliphatic heterocycles. The zero-order valence-electron chi connectivity index (χ0n) is 10.8. The van der Waals surface area contributed by atoms with Crippen molar-refractivity contribution in [3.8, 4) is 10.4 Å². The van der Waals surface area contributed by atoms with E-state index in [2.05, 4.69) is 53.5 Å². The maximum absolute atomic E-state index is 5.48. The van der Waals surface area contributed by atoms with Gasteiger partial charge in [-0.05, 0) is 25.5 Å². The monoisotopic (exact) mass is 270 g/mol. The molecule has 0 bridgehead atoms. The Balaban J connectivity index is 2.20. The molecule has 3 aromatic rings. The highest BCUT2D eigenvalue weighted by Crippen LogP contribution is 2.35. The van der Waals surface area contributed by atoms with Crippen molar-refractivity contribution < 1.29 is 0 Å². The molecule has 0 amide bonds. The minimum Gasteiger partial charge on any atom is -0.307 e. The number of aromatic nitrogens is 2. The number of hydrogen-bond acceptors (Lipinski definition) is 5. The van der Waals surface area contributed by atoms with Crippen LogP contribution in [0, 0.1) is 13.8 Å². The van der Waals surface area contributed by atoms with E-state index in [9.17, 15) is 0 Å². The Labute approximate surface area is 115 Å². The molecule has 0 spiro atoms. The summed E-state index contributed by atoms with van der Waals surface area (Å²) in [5.41, 5.74) is 7.27. The number of fused-ring (bicyclic) bond motifs is 1. The Bertz CT molecular complexity index is 728. The Kier molecular flexibility index (Phi) is 2.93. The van der Waals surface area contributed by atoms with Gasteiger partial charge in [-0.3, -0.25) is 0 Å². The molecule has 0 unspecified atom stereocenters. The van der Waals surface area contributed by atoms with Gasteiger partial charge < -0.3 is 5.43 Å². The lowest BCUT2D eigenvalue weighted by molar-refractivity contribution is 1.19. The van der Waals surface area contributed by atoms with Crippen molar-refractivity contribution in [2.45, 2.75) is 13.8 Å². The predicted molar refractivity (Wildman–Crippen MR) is 80.1 cm³/mol. The van der Waals surface area contributed by atoms with Gasteiger partial charge in [0.25, 0.3) is 0 Å². The van der Waals surface area contributed by atoms with Gasteiger partial charge in [-0.2, -0.15) is 0 Å². The van der Waals surface area contributed by atoms with Crippen molar-refractivity contribution in [2.24, 2.45) is 5.84 Å². The molecule has 0 saturated carbocycles. The van der Waals surface area contributed by atoms with Gasteiger partial charge in [0.05, 0.1) is 10.2 Å². The standard InChI is InChI=1S/C14H14N4S/c1-8-3-9(2)5-10(4-8)12-6-11-13(19-12)14(18-15)17-7-16-11/h3-7H,15H2,1-2H3,(H,16,17,18). The Morgan fingerprint density at radius 3 is 2.47 bits per heavy atom. The van der Waals surface area contributed by atoms with Gasteiger partial charge in [0.1, 0.15) is 6.33 Å². The van der Waals surface area contributed by atoms with Gasteiger partial charge in [-0.25, -0.2) is 15.8 Å². The van der Waals surface area contributed by atoms with Crippen LogP contribution in [0.4, 0.5) is 5.82 Å². The SMILES string of the molecule is Cc1cc(C)cc(-c2cc3ncnc(NN)c3s2)c1. The molecule has 0 saturated heterocycles. The fraction of sp³-hybridized carbons (Fsp3) is 0.143. The largest absolute Gasteiger partial charge is 0.307 e. The molecule has 4 nitrogen and oxygen atoms in total. The molecule has 0 aliphatic rings. The lowest BCUT2D eigenvalue weighted by Gasteiger charge is -2.01. The first-order valence-electron chi connectivity index (χ1n) is 5.97. The van der Waals surface area contributed by atoms with Gasteiger partial charge in [-0.1, -0.05) is 29.3 Å². The fourth-order valence-corrected chi connectivity index (χ4v) is 3.27. The Hall–Kier alpha value is -1.98. The smallest absolute Gasteiger partial charge is 0.161 e. The van der Waals surface area contributed by atoms with Crippen LogP contribution in [-0.2, 0) is 0 Å². The number of rotatable bonds is 2. The quantitative estimate of drug-likeness (QED) is 0.554. The molecule has 0 aliphatic carbocycles. The molecule has 0 radical (unpaired) electrons. The van der Waals surface area contributed by atoms with E-state index in [1.807, 2.05) is 0 Å². The topological polar surface area (TPSA) is 63.8 Å². The highest BCUT2D eigenvalue weighted by molar-refractivity contribution is 7.22. The molecule has 19 heavy (non-hydrogen) atoms. The summed E-state index contributed by atoms with van der Waals surface area (Å²) in [6.45, 7) is 4.22. The van der Waals surface area contributed by atoms with Crippen molar-refractivity contribution in [3.63, 3.8) is 0 Å². The minimum atomic E-state index is 0.672. The average Bonchev–Trinajstić information content (AvgIpc) is 2.81. The van der Waals surface area contributed by atoms with E-state index in [0.29, 0.717) is 5.82 Å². The normalized spacial score (nSPS) is 10.9. The van der Waals surface area contributed by atoms with Crippen LogP contribution in [0.3, 0.4) is 0 Å². The summed E-state index contributed by atoms with van der Waals surface area (Å²) in [6, 6.07) is 8.61. The summed E-state index contributed by atoms with van der Waals surface area (Å²) >= 11 is 1.65. The van der Waals surface area contributed by atoms with E-state index in [1.54, 1.807) is 11.3 Å². The second-order valence-corrected chi connectivity index (χ2v) is 5.62. The van der Waals surface area contributed by atoms with Crippen LogP contribution >= 0.6 is 11.3 Å². The van der Waals surface area contributed by atoms with E-state index in [4.69, 9.17) is 5.84 Å². The van der Waals surface area contributed by atoms with E-state index in [0.717, 1.165) is 10.2 Å². The first-order valence-corrected chi connectivity index (χ1v) is 6.79. The van der Waals surface area contributed by atoms with Gasteiger partial charge in [0, 0.05) is 4.88 Å². The number of aryl methyl sites for hydroxylation is 2. The van der Waals surface area contributed by atoms with Gasteiger partial charge in [0.15, 0.2) is 5.82 Å². The van der Waals surface area contributed by atoms with E-state index >= 15 is 0 Å². The molecule has 96 valence electrons. The molecule has 0 fully saturated rings. The van der Waals surface area contributed by atoms with Gasteiger partial charge in [0.2, 0.25) is 0 Å². The van der Waals surface area contributed by atoms with E-state index < -0.39 is 0 Å². The highest BCUT2D eigenvalue weighted by atomic mass is 32.1. The van der Waals surface area contributed by atoms with Crippen molar-refractivity contribution in [1.82, 2.24) is 9.97 Å². The zero-order chi connectivity index (χ0) is 13.4. The van der Waals surface area contributed by atoms with Crippen LogP contribution < -0.4 is 11.3 Å². The van der Waals surface area contributed by atoms with Crippen LogP contribution in [0.15, 0.2) is 30.6 Å². The number of nitrogens with zero attached hydrogens (tertiary/aromatic N) is 2. The molecule has 2 aromatic heterocycles. The summed E-state index contributed by atoms with van der Waals surface area (Å²) in [5, 5.41) is 0. The third-order valence-corrected chi connectivity index (χ3v) is 4.13. The molecule has 3 N–H and O–H groups in total.